The maximum atomic E-state index is 12.3. The third-order valence-corrected chi connectivity index (χ3v) is 3.22. The van der Waals surface area contributed by atoms with E-state index in [1.807, 2.05) is 20.8 Å². The predicted molar refractivity (Wildman–Crippen MR) is 74.7 cm³/mol. The highest BCUT2D eigenvalue weighted by molar-refractivity contribution is 5.98. The molecule has 0 saturated carbocycles. The Hall–Kier alpha value is -1.75. The van der Waals surface area contributed by atoms with E-state index >= 15 is 0 Å². The Kier molecular flexibility index (Phi) is 4.78. The normalized spacial score (nSPS) is 12.7. The molecule has 1 rings (SSSR count). The number of hydrogen-bond donors (Lipinski definition) is 2. The standard InChI is InChI=1S/C14H22N2O3/c1-9(15)14(2,3)16-13(17)10-7-6-8-11(18-4)12(10)19-5/h6-9H,15H2,1-5H3,(H,16,17). The number of para-hydroxylation sites is 1. The van der Waals surface area contributed by atoms with Crippen LogP contribution in [0.5, 0.6) is 11.5 Å². The third-order valence-electron chi connectivity index (χ3n) is 3.22. The fourth-order valence-electron chi connectivity index (χ4n) is 1.54. The van der Waals surface area contributed by atoms with Crippen LogP contribution in [-0.4, -0.2) is 31.7 Å². The molecule has 0 saturated heterocycles. The van der Waals surface area contributed by atoms with E-state index in [4.69, 9.17) is 15.2 Å². The third kappa shape index (κ3) is 3.38. The fourth-order valence-corrected chi connectivity index (χ4v) is 1.54. The summed E-state index contributed by atoms with van der Waals surface area (Å²) in [4.78, 5) is 12.3. The summed E-state index contributed by atoms with van der Waals surface area (Å²) in [6.07, 6.45) is 0. The maximum absolute atomic E-state index is 12.3. The van der Waals surface area contributed by atoms with Gasteiger partial charge < -0.3 is 20.5 Å². The molecular formula is C14H22N2O3. The van der Waals surface area contributed by atoms with Crippen LogP contribution in [0.15, 0.2) is 18.2 Å². The molecule has 1 amide bonds. The Morgan fingerprint density at radius 1 is 1.32 bits per heavy atom. The van der Waals surface area contributed by atoms with E-state index in [9.17, 15) is 4.79 Å². The molecule has 0 aliphatic heterocycles. The van der Waals surface area contributed by atoms with Gasteiger partial charge in [-0.05, 0) is 32.9 Å². The minimum absolute atomic E-state index is 0.173. The Balaban J connectivity index is 3.07. The van der Waals surface area contributed by atoms with E-state index in [1.165, 1.54) is 14.2 Å². The first-order chi connectivity index (χ1) is 8.83. The van der Waals surface area contributed by atoms with Gasteiger partial charge in [0.1, 0.15) is 0 Å². The molecule has 0 fully saturated rings. The van der Waals surface area contributed by atoms with Crippen molar-refractivity contribution in [1.29, 1.82) is 0 Å². The number of benzene rings is 1. The van der Waals surface area contributed by atoms with Crippen LogP contribution in [0.25, 0.3) is 0 Å². The molecule has 1 aromatic carbocycles. The fraction of sp³-hybridized carbons (Fsp3) is 0.500. The zero-order chi connectivity index (χ0) is 14.6. The van der Waals surface area contributed by atoms with Crippen molar-refractivity contribution in [3.8, 4) is 11.5 Å². The summed E-state index contributed by atoms with van der Waals surface area (Å²) in [6, 6.07) is 5.00. The van der Waals surface area contributed by atoms with Crippen LogP contribution < -0.4 is 20.5 Å². The van der Waals surface area contributed by atoms with E-state index in [0.717, 1.165) is 0 Å². The molecular weight excluding hydrogens is 244 g/mol. The average Bonchev–Trinajstić information content (AvgIpc) is 2.36. The SMILES string of the molecule is COc1cccc(C(=O)NC(C)(C)C(C)N)c1OC. The molecule has 1 unspecified atom stereocenters. The number of nitrogens with one attached hydrogen (secondary N) is 1. The number of rotatable bonds is 5. The van der Waals surface area contributed by atoms with Crippen molar-refractivity contribution < 1.29 is 14.3 Å². The van der Waals surface area contributed by atoms with Crippen molar-refractivity contribution in [2.75, 3.05) is 14.2 Å². The van der Waals surface area contributed by atoms with E-state index in [1.54, 1.807) is 18.2 Å². The molecule has 19 heavy (non-hydrogen) atoms. The molecule has 0 aliphatic carbocycles. The second-order valence-electron chi connectivity index (χ2n) is 5.01. The summed E-state index contributed by atoms with van der Waals surface area (Å²) in [5.74, 6) is 0.703. The van der Waals surface area contributed by atoms with Gasteiger partial charge >= 0.3 is 0 Å². The molecule has 0 heterocycles. The number of hydrogen-bond acceptors (Lipinski definition) is 4. The number of carbonyl (C=O) groups excluding carboxylic acids is 1. The largest absolute Gasteiger partial charge is 0.493 e. The highest BCUT2D eigenvalue weighted by Gasteiger charge is 2.27. The first kappa shape index (κ1) is 15.3. The highest BCUT2D eigenvalue weighted by Crippen LogP contribution is 2.30. The van der Waals surface area contributed by atoms with Gasteiger partial charge in [-0.25, -0.2) is 0 Å². The predicted octanol–water partition coefficient (Wildman–Crippen LogP) is 1.56. The molecule has 0 radical (unpaired) electrons. The van der Waals surface area contributed by atoms with Gasteiger partial charge in [-0.2, -0.15) is 0 Å². The summed E-state index contributed by atoms with van der Waals surface area (Å²) in [7, 11) is 3.04. The minimum atomic E-state index is -0.509. The van der Waals surface area contributed by atoms with Crippen molar-refractivity contribution in [3.63, 3.8) is 0 Å². The topological polar surface area (TPSA) is 73.6 Å². The Morgan fingerprint density at radius 3 is 2.42 bits per heavy atom. The van der Waals surface area contributed by atoms with Crippen molar-refractivity contribution in [3.05, 3.63) is 23.8 Å². The molecule has 0 bridgehead atoms. The van der Waals surface area contributed by atoms with E-state index < -0.39 is 5.54 Å². The zero-order valence-corrected chi connectivity index (χ0v) is 12.1. The molecule has 5 nitrogen and oxygen atoms in total. The van der Waals surface area contributed by atoms with Crippen LogP contribution in [0.2, 0.25) is 0 Å². The number of amides is 1. The van der Waals surface area contributed by atoms with E-state index in [0.29, 0.717) is 17.1 Å². The van der Waals surface area contributed by atoms with E-state index in [-0.39, 0.29) is 11.9 Å². The summed E-state index contributed by atoms with van der Waals surface area (Å²) in [5.41, 5.74) is 5.77. The molecule has 3 N–H and O–H groups in total. The minimum Gasteiger partial charge on any atom is -0.493 e. The number of carbonyl (C=O) groups is 1. The lowest BCUT2D eigenvalue weighted by Crippen LogP contribution is -2.54. The van der Waals surface area contributed by atoms with Crippen LogP contribution in [0.3, 0.4) is 0 Å². The second kappa shape index (κ2) is 5.93. The van der Waals surface area contributed by atoms with Crippen molar-refractivity contribution in [2.45, 2.75) is 32.4 Å². The lowest BCUT2D eigenvalue weighted by molar-refractivity contribution is 0.0899. The van der Waals surface area contributed by atoms with Crippen LogP contribution in [0, 0.1) is 0 Å². The maximum Gasteiger partial charge on any atom is 0.255 e. The van der Waals surface area contributed by atoms with Crippen molar-refractivity contribution >= 4 is 5.91 Å². The second-order valence-corrected chi connectivity index (χ2v) is 5.01. The van der Waals surface area contributed by atoms with Gasteiger partial charge in [-0.15, -0.1) is 0 Å². The quantitative estimate of drug-likeness (QED) is 0.848. The molecule has 1 aromatic rings. The lowest BCUT2D eigenvalue weighted by Gasteiger charge is -2.30. The smallest absolute Gasteiger partial charge is 0.255 e. The van der Waals surface area contributed by atoms with Gasteiger partial charge in [-0.3, -0.25) is 4.79 Å². The summed E-state index contributed by atoms with van der Waals surface area (Å²) in [5, 5.41) is 2.90. The van der Waals surface area contributed by atoms with Crippen molar-refractivity contribution in [2.24, 2.45) is 5.73 Å². The molecule has 106 valence electrons. The molecule has 0 aromatic heterocycles. The summed E-state index contributed by atoms with van der Waals surface area (Å²) < 4.78 is 10.4. The van der Waals surface area contributed by atoms with Gasteiger partial charge in [0.2, 0.25) is 0 Å². The molecule has 1 atom stereocenters. The Bertz CT molecular complexity index is 456. The van der Waals surface area contributed by atoms with Gasteiger partial charge in [0.05, 0.1) is 19.8 Å². The van der Waals surface area contributed by atoms with Gasteiger partial charge in [-0.1, -0.05) is 6.07 Å². The zero-order valence-electron chi connectivity index (χ0n) is 12.1. The Morgan fingerprint density at radius 2 is 1.95 bits per heavy atom. The summed E-state index contributed by atoms with van der Waals surface area (Å²) in [6.45, 7) is 5.60. The lowest BCUT2D eigenvalue weighted by atomic mass is 9.96. The van der Waals surface area contributed by atoms with Crippen LogP contribution >= 0.6 is 0 Å². The Labute approximate surface area is 114 Å². The molecule has 0 spiro atoms. The molecule has 0 aliphatic rings. The number of ether oxygens (including phenoxy) is 2. The van der Waals surface area contributed by atoms with Crippen molar-refractivity contribution in [1.82, 2.24) is 5.32 Å². The first-order valence-corrected chi connectivity index (χ1v) is 6.12. The number of nitrogens with two attached hydrogens (primary N) is 1. The summed E-state index contributed by atoms with van der Waals surface area (Å²) >= 11 is 0. The monoisotopic (exact) mass is 266 g/mol. The van der Waals surface area contributed by atoms with Crippen LogP contribution in [0.4, 0.5) is 0 Å². The van der Waals surface area contributed by atoms with Crippen LogP contribution in [-0.2, 0) is 0 Å². The van der Waals surface area contributed by atoms with Gasteiger partial charge in [0.15, 0.2) is 11.5 Å². The number of methoxy groups -OCH3 is 2. The first-order valence-electron chi connectivity index (χ1n) is 6.12. The van der Waals surface area contributed by atoms with Gasteiger partial charge in [0, 0.05) is 11.6 Å². The van der Waals surface area contributed by atoms with E-state index in [2.05, 4.69) is 5.32 Å². The molecule has 5 heteroatoms. The van der Waals surface area contributed by atoms with Crippen LogP contribution in [0.1, 0.15) is 31.1 Å². The van der Waals surface area contributed by atoms with Gasteiger partial charge in [0.25, 0.3) is 5.91 Å². The average molecular weight is 266 g/mol. The highest BCUT2D eigenvalue weighted by atomic mass is 16.5.